The first kappa shape index (κ1) is 21.8. The van der Waals surface area contributed by atoms with Crippen LogP contribution in [0.15, 0.2) is 29.2 Å². The molecule has 2 aliphatic heterocycles. The molecule has 1 aromatic carbocycles. The Morgan fingerprint density at radius 1 is 1.19 bits per heavy atom. The van der Waals surface area contributed by atoms with Gasteiger partial charge in [0.15, 0.2) is 5.78 Å². The Hall–Kier alpha value is -1.48. The van der Waals surface area contributed by atoms with Crippen LogP contribution in [0.5, 0.6) is 0 Å². The number of amides is 1. The standard InChI is InChI=1S/C18H25N3O4S.ClH/c1-13(22)15-5-7-16(8-6-15)26(24,25)21-9-3-2-4-17(21)18(23)20-12-14-10-19-11-14;/h5-8,14,17,19H,2-4,9-12H2,1H3,(H,20,23);1H. The van der Waals surface area contributed by atoms with Crippen LogP contribution in [-0.2, 0) is 14.8 Å². The predicted molar refractivity (Wildman–Crippen MR) is 105 cm³/mol. The summed E-state index contributed by atoms with van der Waals surface area (Å²) in [6.07, 6.45) is 2.10. The lowest BCUT2D eigenvalue weighted by Crippen LogP contribution is -2.54. The molecule has 0 saturated carbocycles. The molecule has 1 atom stereocenters. The van der Waals surface area contributed by atoms with Crippen molar-refractivity contribution in [3.05, 3.63) is 29.8 Å². The molecule has 7 nitrogen and oxygen atoms in total. The van der Waals surface area contributed by atoms with Crippen LogP contribution in [0.3, 0.4) is 0 Å². The van der Waals surface area contributed by atoms with Gasteiger partial charge in [0, 0.05) is 37.7 Å². The van der Waals surface area contributed by atoms with Crippen LogP contribution in [0.2, 0.25) is 0 Å². The average molecular weight is 416 g/mol. The molecule has 0 radical (unpaired) electrons. The van der Waals surface area contributed by atoms with Crippen LogP contribution >= 0.6 is 12.4 Å². The van der Waals surface area contributed by atoms with Crippen molar-refractivity contribution >= 4 is 34.1 Å². The molecule has 9 heteroatoms. The SMILES string of the molecule is CC(=O)c1ccc(S(=O)(=O)N2CCCCC2C(=O)NCC2CNC2)cc1.Cl. The highest BCUT2D eigenvalue weighted by molar-refractivity contribution is 7.89. The first-order valence-corrected chi connectivity index (χ1v) is 10.4. The van der Waals surface area contributed by atoms with Crippen LogP contribution in [0.25, 0.3) is 0 Å². The fourth-order valence-corrected chi connectivity index (χ4v) is 4.96. The normalized spacial score (nSPS) is 21.0. The van der Waals surface area contributed by atoms with E-state index < -0.39 is 16.1 Å². The summed E-state index contributed by atoms with van der Waals surface area (Å²) >= 11 is 0. The van der Waals surface area contributed by atoms with Gasteiger partial charge in [0.05, 0.1) is 4.90 Å². The zero-order valence-electron chi connectivity index (χ0n) is 15.3. The smallest absolute Gasteiger partial charge is 0.243 e. The summed E-state index contributed by atoms with van der Waals surface area (Å²) in [5, 5.41) is 6.05. The summed E-state index contributed by atoms with van der Waals surface area (Å²) in [6, 6.07) is 5.23. The Kier molecular flexibility index (Phi) is 7.39. The molecule has 1 unspecified atom stereocenters. The molecule has 3 rings (SSSR count). The van der Waals surface area contributed by atoms with E-state index in [1.54, 1.807) is 0 Å². The van der Waals surface area contributed by atoms with E-state index in [2.05, 4.69) is 10.6 Å². The van der Waals surface area contributed by atoms with Crippen LogP contribution in [0.4, 0.5) is 0 Å². The Morgan fingerprint density at radius 2 is 1.85 bits per heavy atom. The third-order valence-electron chi connectivity index (χ3n) is 5.05. The maximum Gasteiger partial charge on any atom is 0.243 e. The van der Waals surface area contributed by atoms with Gasteiger partial charge in [-0.1, -0.05) is 18.6 Å². The number of ketones is 1. The number of piperidine rings is 1. The predicted octanol–water partition coefficient (Wildman–Crippen LogP) is 1.19. The van der Waals surface area contributed by atoms with E-state index in [4.69, 9.17) is 0 Å². The van der Waals surface area contributed by atoms with Crippen molar-refractivity contribution in [2.24, 2.45) is 5.92 Å². The van der Waals surface area contributed by atoms with E-state index in [0.29, 0.717) is 31.0 Å². The van der Waals surface area contributed by atoms with Crippen molar-refractivity contribution in [3.8, 4) is 0 Å². The fraction of sp³-hybridized carbons (Fsp3) is 0.556. The first-order valence-electron chi connectivity index (χ1n) is 9.01. The quantitative estimate of drug-likeness (QED) is 0.680. The lowest BCUT2D eigenvalue weighted by atomic mass is 10.0. The number of benzene rings is 1. The molecule has 2 aliphatic rings. The van der Waals surface area contributed by atoms with Gasteiger partial charge < -0.3 is 10.6 Å². The number of halogens is 1. The second-order valence-corrected chi connectivity index (χ2v) is 8.87. The lowest BCUT2D eigenvalue weighted by molar-refractivity contribution is -0.125. The number of nitrogens with zero attached hydrogens (tertiary/aromatic N) is 1. The summed E-state index contributed by atoms with van der Waals surface area (Å²) in [4.78, 5) is 24.1. The first-order chi connectivity index (χ1) is 12.4. The molecule has 0 aliphatic carbocycles. The molecule has 0 aromatic heterocycles. The van der Waals surface area contributed by atoms with Gasteiger partial charge in [-0.3, -0.25) is 9.59 Å². The number of carbonyl (C=O) groups excluding carboxylic acids is 2. The maximum absolute atomic E-state index is 13.0. The van der Waals surface area contributed by atoms with Crippen molar-refractivity contribution in [3.63, 3.8) is 0 Å². The van der Waals surface area contributed by atoms with Gasteiger partial charge in [-0.25, -0.2) is 8.42 Å². The molecule has 2 saturated heterocycles. The van der Waals surface area contributed by atoms with Crippen LogP contribution in [0, 0.1) is 5.92 Å². The van der Waals surface area contributed by atoms with Crippen molar-refractivity contribution in [1.29, 1.82) is 0 Å². The number of nitrogens with one attached hydrogen (secondary N) is 2. The van der Waals surface area contributed by atoms with Crippen molar-refractivity contribution in [2.75, 3.05) is 26.2 Å². The molecule has 150 valence electrons. The molecule has 2 N–H and O–H groups in total. The van der Waals surface area contributed by atoms with E-state index in [-0.39, 0.29) is 29.0 Å². The van der Waals surface area contributed by atoms with Gasteiger partial charge in [0.1, 0.15) is 6.04 Å². The molecule has 2 heterocycles. The maximum atomic E-state index is 13.0. The number of carbonyl (C=O) groups is 2. The van der Waals surface area contributed by atoms with Crippen molar-refractivity contribution in [2.45, 2.75) is 37.1 Å². The minimum Gasteiger partial charge on any atom is -0.354 e. The van der Waals surface area contributed by atoms with Gasteiger partial charge in [-0.2, -0.15) is 4.31 Å². The van der Waals surface area contributed by atoms with Crippen LogP contribution in [-0.4, -0.2) is 56.6 Å². The summed E-state index contributed by atoms with van der Waals surface area (Å²) in [5.41, 5.74) is 0.464. The largest absolute Gasteiger partial charge is 0.354 e. The number of hydrogen-bond donors (Lipinski definition) is 2. The third-order valence-corrected chi connectivity index (χ3v) is 6.98. The van der Waals surface area contributed by atoms with Gasteiger partial charge in [-0.05, 0) is 31.9 Å². The number of Topliss-reactive ketones (excluding diaryl/α,β-unsaturated/α-hetero) is 1. The van der Waals surface area contributed by atoms with Crippen molar-refractivity contribution < 1.29 is 18.0 Å². The molecular weight excluding hydrogens is 390 g/mol. The zero-order valence-corrected chi connectivity index (χ0v) is 16.9. The Balaban J connectivity index is 0.00000261. The Morgan fingerprint density at radius 3 is 2.41 bits per heavy atom. The van der Waals surface area contributed by atoms with E-state index >= 15 is 0 Å². The number of sulfonamides is 1. The van der Waals surface area contributed by atoms with Crippen LogP contribution < -0.4 is 10.6 Å². The molecule has 0 spiro atoms. The number of hydrogen-bond acceptors (Lipinski definition) is 5. The average Bonchev–Trinajstić information content (AvgIpc) is 2.60. The molecule has 1 amide bonds. The Labute approximate surface area is 166 Å². The minimum atomic E-state index is -3.78. The van der Waals surface area contributed by atoms with E-state index in [0.717, 1.165) is 25.9 Å². The fourth-order valence-electron chi connectivity index (χ4n) is 3.31. The monoisotopic (exact) mass is 415 g/mol. The third kappa shape index (κ3) is 4.87. The number of rotatable bonds is 6. The molecular formula is C18H26ClN3O4S. The molecule has 1 aromatic rings. The second-order valence-electron chi connectivity index (χ2n) is 6.98. The topological polar surface area (TPSA) is 95.6 Å². The molecule has 2 fully saturated rings. The highest BCUT2D eigenvalue weighted by Crippen LogP contribution is 2.26. The second kappa shape index (κ2) is 9.14. The van der Waals surface area contributed by atoms with Gasteiger partial charge >= 0.3 is 0 Å². The van der Waals surface area contributed by atoms with E-state index in [1.807, 2.05) is 0 Å². The summed E-state index contributed by atoms with van der Waals surface area (Å²) in [7, 11) is -3.78. The van der Waals surface area contributed by atoms with Gasteiger partial charge in [0.25, 0.3) is 0 Å². The van der Waals surface area contributed by atoms with E-state index in [1.165, 1.54) is 35.5 Å². The zero-order chi connectivity index (χ0) is 18.7. The summed E-state index contributed by atoms with van der Waals surface area (Å²) in [6.45, 7) is 4.11. The highest BCUT2D eigenvalue weighted by Gasteiger charge is 2.37. The summed E-state index contributed by atoms with van der Waals surface area (Å²) in [5.74, 6) is 0.0851. The molecule has 0 bridgehead atoms. The minimum absolute atomic E-state index is 0. The highest BCUT2D eigenvalue weighted by atomic mass is 35.5. The van der Waals surface area contributed by atoms with Crippen molar-refractivity contribution in [1.82, 2.24) is 14.9 Å². The van der Waals surface area contributed by atoms with Crippen LogP contribution in [0.1, 0.15) is 36.5 Å². The van der Waals surface area contributed by atoms with Gasteiger partial charge in [-0.15, -0.1) is 12.4 Å². The summed E-state index contributed by atoms with van der Waals surface area (Å²) < 4.78 is 27.4. The molecule has 27 heavy (non-hydrogen) atoms. The van der Waals surface area contributed by atoms with Gasteiger partial charge in [0.2, 0.25) is 15.9 Å². The lowest BCUT2D eigenvalue weighted by Gasteiger charge is -2.34. The Bertz CT molecular complexity index is 778. The van der Waals surface area contributed by atoms with E-state index in [9.17, 15) is 18.0 Å².